The second-order valence-corrected chi connectivity index (χ2v) is 8.26. The SMILES string of the molecule is CC(C)(C)C(c1ccccc1)(c1ccccc1)C1C=Cc2ccccc21. The van der Waals surface area contributed by atoms with Gasteiger partial charge in [0.05, 0.1) is 0 Å². The highest BCUT2D eigenvalue weighted by Crippen LogP contribution is 2.57. The van der Waals surface area contributed by atoms with Gasteiger partial charge in [0.1, 0.15) is 0 Å². The van der Waals surface area contributed by atoms with Crippen molar-refractivity contribution >= 4 is 6.08 Å². The molecule has 0 saturated heterocycles. The lowest BCUT2D eigenvalue weighted by atomic mass is 9.52. The lowest BCUT2D eigenvalue weighted by Gasteiger charge is -2.50. The summed E-state index contributed by atoms with van der Waals surface area (Å²) in [5.41, 5.74) is 5.42. The van der Waals surface area contributed by atoms with Gasteiger partial charge in [-0.05, 0) is 27.7 Å². The molecule has 1 atom stereocenters. The Labute approximate surface area is 157 Å². The van der Waals surface area contributed by atoms with Crippen LogP contribution in [0.5, 0.6) is 0 Å². The summed E-state index contributed by atoms with van der Waals surface area (Å²) in [5, 5.41) is 0. The maximum absolute atomic E-state index is 2.41. The van der Waals surface area contributed by atoms with E-state index in [1.165, 1.54) is 22.3 Å². The van der Waals surface area contributed by atoms with Crippen molar-refractivity contribution in [3.05, 3.63) is 113 Å². The largest absolute Gasteiger partial charge is 0.0751 e. The number of hydrogen-bond acceptors (Lipinski definition) is 0. The van der Waals surface area contributed by atoms with Crippen molar-refractivity contribution in [3.8, 4) is 0 Å². The summed E-state index contributed by atoms with van der Waals surface area (Å²) in [6.07, 6.45) is 4.71. The molecule has 0 N–H and O–H groups in total. The summed E-state index contributed by atoms with van der Waals surface area (Å²) in [4.78, 5) is 0. The summed E-state index contributed by atoms with van der Waals surface area (Å²) >= 11 is 0. The zero-order valence-corrected chi connectivity index (χ0v) is 15.8. The Kier molecular flexibility index (Phi) is 4.07. The van der Waals surface area contributed by atoms with E-state index >= 15 is 0 Å². The molecule has 130 valence electrons. The van der Waals surface area contributed by atoms with E-state index in [9.17, 15) is 0 Å². The van der Waals surface area contributed by atoms with Crippen LogP contribution in [0.25, 0.3) is 6.08 Å². The van der Waals surface area contributed by atoms with Gasteiger partial charge >= 0.3 is 0 Å². The Bertz CT molecular complexity index is 872. The normalized spacial score (nSPS) is 16.5. The van der Waals surface area contributed by atoms with Crippen molar-refractivity contribution in [2.45, 2.75) is 32.1 Å². The topological polar surface area (TPSA) is 0 Å². The molecule has 0 aliphatic heterocycles. The van der Waals surface area contributed by atoms with Crippen LogP contribution < -0.4 is 0 Å². The zero-order valence-electron chi connectivity index (χ0n) is 15.8. The van der Waals surface area contributed by atoms with E-state index < -0.39 is 0 Å². The van der Waals surface area contributed by atoms with Gasteiger partial charge < -0.3 is 0 Å². The summed E-state index contributed by atoms with van der Waals surface area (Å²) in [7, 11) is 0. The van der Waals surface area contributed by atoms with Crippen molar-refractivity contribution < 1.29 is 0 Å². The maximum atomic E-state index is 2.41. The smallest absolute Gasteiger partial charge is 0.0354 e. The van der Waals surface area contributed by atoms with Crippen LogP contribution in [0.3, 0.4) is 0 Å². The molecule has 0 nitrogen and oxygen atoms in total. The molecule has 1 unspecified atom stereocenters. The van der Waals surface area contributed by atoms with Gasteiger partial charge in [-0.1, -0.05) is 118 Å². The van der Waals surface area contributed by atoms with Gasteiger partial charge in [0.15, 0.2) is 0 Å². The summed E-state index contributed by atoms with van der Waals surface area (Å²) in [6, 6.07) is 30.9. The lowest BCUT2D eigenvalue weighted by molar-refractivity contribution is 0.207. The summed E-state index contributed by atoms with van der Waals surface area (Å²) in [6.45, 7) is 7.13. The van der Waals surface area contributed by atoms with Crippen LogP contribution in [0.1, 0.15) is 48.9 Å². The Balaban J connectivity index is 2.07. The van der Waals surface area contributed by atoms with Crippen LogP contribution in [0.15, 0.2) is 91.0 Å². The van der Waals surface area contributed by atoms with Crippen LogP contribution in [-0.2, 0) is 5.41 Å². The minimum atomic E-state index is -0.140. The molecule has 1 aliphatic rings. The van der Waals surface area contributed by atoms with Gasteiger partial charge in [0.25, 0.3) is 0 Å². The monoisotopic (exact) mass is 338 g/mol. The first-order valence-corrected chi connectivity index (χ1v) is 9.43. The van der Waals surface area contributed by atoms with Gasteiger partial charge in [0.2, 0.25) is 0 Å². The quantitative estimate of drug-likeness (QED) is 0.491. The predicted molar refractivity (Wildman–Crippen MR) is 111 cm³/mol. The first-order chi connectivity index (χ1) is 12.5. The average molecular weight is 338 g/mol. The minimum absolute atomic E-state index is 0.0299. The molecule has 0 fully saturated rings. The van der Waals surface area contributed by atoms with Gasteiger partial charge in [0, 0.05) is 11.3 Å². The standard InChI is InChI=1S/C26H26/c1-25(2,3)26(21-13-6-4-7-14-21,22-15-8-5-9-16-22)24-19-18-20-12-10-11-17-23(20)24/h4-19,24H,1-3H3. The van der Waals surface area contributed by atoms with Crippen molar-refractivity contribution in [1.29, 1.82) is 0 Å². The van der Waals surface area contributed by atoms with Gasteiger partial charge in [-0.15, -0.1) is 0 Å². The highest BCUT2D eigenvalue weighted by molar-refractivity contribution is 5.66. The van der Waals surface area contributed by atoms with Crippen LogP contribution in [0, 0.1) is 5.41 Å². The van der Waals surface area contributed by atoms with Crippen molar-refractivity contribution in [2.75, 3.05) is 0 Å². The van der Waals surface area contributed by atoms with Crippen LogP contribution in [-0.4, -0.2) is 0 Å². The molecule has 0 spiro atoms. The van der Waals surface area contributed by atoms with E-state index in [-0.39, 0.29) is 10.8 Å². The molecular formula is C26H26. The maximum Gasteiger partial charge on any atom is 0.0354 e. The van der Waals surface area contributed by atoms with Crippen molar-refractivity contribution in [1.82, 2.24) is 0 Å². The lowest BCUT2D eigenvalue weighted by Crippen LogP contribution is -2.45. The van der Waals surface area contributed by atoms with Crippen LogP contribution in [0.4, 0.5) is 0 Å². The Morgan fingerprint density at radius 2 is 1.12 bits per heavy atom. The molecule has 4 rings (SSSR count). The van der Waals surface area contributed by atoms with E-state index in [2.05, 4.69) is 118 Å². The fourth-order valence-corrected chi connectivity index (χ4v) is 4.89. The number of allylic oxidation sites excluding steroid dienone is 1. The van der Waals surface area contributed by atoms with Gasteiger partial charge in [-0.25, -0.2) is 0 Å². The van der Waals surface area contributed by atoms with Crippen LogP contribution in [0.2, 0.25) is 0 Å². The van der Waals surface area contributed by atoms with E-state index in [1.54, 1.807) is 0 Å². The summed E-state index contributed by atoms with van der Waals surface area (Å²) < 4.78 is 0. The highest BCUT2D eigenvalue weighted by Gasteiger charge is 2.51. The average Bonchev–Trinajstić information content (AvgIpc) is 3.08. The molecule has 0 bridgehead atoms. The number of benzene rings is 3. The molecule has 1 aliphatic carbocycles. The molecule has 3 aromatic carbocycles. The van der Waals surface area contributed by atoms with E-state index in [0.717, 1.165) is 0 Å². The molecule has 0 radical (unpaired) electrons. The van der Waals surface area contributed by atoms with Gasteiger partial charge in [-0.2, -0.15) is 0 Å². The van der Waals surface area contributed by atoms with Crippen LogP contribution >= 0.6 is 0 Å². The number of rotatable bonds is 3. The second kappa shape index (κ2) is 6.29. The molecule has 0 heteroatoms. The first kappa shape index (κ1) is 16.8. The molecule has 0 aromatic heterocycles. The number of fused-ring (bicyclic) bond motifs is 1. The Hall–Kier alpha value is -2.60. The van der Waals surface area contributed by atoms with E-state index in [1.807, 2.05) is 0 Å². The third-order valence-electron chi connectivity index (χ3n) is 5.91. The fourth-order valence-electron chi connectivity index (χ4n) is 4.89. The van der Waals surface area contributed by atoms with Crippen molar-refractivity contribution in [2.24, 2.45) is 5.41 Å². The molecule has 0 amide bonds. The second-order valence-electron chi connectivity index (χ2n) is 8.26. The van der Waals surface area contributed by atoms with E-state index in [0.29, 0.717) is 5.92 Å². The third-order valence-corrected chi connectivity index (χ3v) is 5.91. The van der Waals surface area contributed by atoms with Gasteiger partial charge in [-0.3, -0.25) is 0 Å². The molecular weight excluding hydrogens is 312 g/mol. The first-order valence-electron chi connectivity index (χ1n) is 9.43. The van der Waals surface area contributed by atoms with E-state index in [4.69, 9.17) is 0 Å². The highest BCUT2D eigenvalue weighted by atomic mass is 14.5. The molecule has 26 heavy (non-hydrogen) atoms. The Morgan fingerprint density at radius 3 is 1.65 bits per heavy atom. The number of hydrogen-bond donors (Lipinski definition) is 0. The predicted octanol–water partition coefficient (Wildman–Crippen LogP) is 6.83. The summed E-state index contributed by atoms with van der Waals surface area (Å²) in [5.74, 6) is 0.309. The Morgan fingerprint density at radius 1 is 0.615 bits per heavy atom. The third kappa shape index (κ3) is 2.44. The fraction of sp³-hybridized carbons (Fsp3) is 0.231. The zero-order chi connectivity index (χ0) is 18.2. The molecule has 0 saturated carbocycles. The molecule has 3 aromatic rings. The minimum Gasteiger partial charge on any atom is -0.0751 e. The molecule has 0 heterocycles. The van der Waals surface area contributed by atoms with Crippen molar-refractivity contribution in [3.63, 3.8) is 0 Å².